The van der Waals surface area contributed by atoms with Gasteiger partial charge in [0, 0.05) is 10.1 Å². The Morgan fingerprint density at radius 2 is 1.88 bits per heavy atom. The molecular formula is C19H13N3O2S2. The van der Waals surface area contributed by atoms with Gasteiger partial charge in [0.1, 0.15) is 10.4 Å². The first-order valence-electron chi connectivity index (χ1n) is 8.19. The molecule has 0 amide bonds. The quantitative estimate of drug-likeness (QED) is 0.460. The molecule has 0 fully saturated rings. The van der Waals surface area contributed by atoms with Gasteiger partial charge in [0.15, 0.2) is 5.01 Å². The predicted molar refractivity (Wildman–Crippen MR) is 107 cm³/mol. The van der Waals surface area contributed by atoms with E-state index in [2.05, 4.69) is 5.10 Å². The summed E-state index contributed by atoms with van der Waals surface area (Å²) >= 11 is 2.86. The van der Waals surface area contributed by atoms with Crippen LogP contribution in [0.2, 0.25) is 0 Å². The maximum atomic E-state index is 13.0. The molecule has 0 unspecified atom stereocenters. The normalized spacial score (nSPS) is 11.6. The first-order chi connectivity index (χ1) is 12.8. The Labute approximate surface area is 156 Å². The maximum absolute atomic E-state index is 13.0. The minimum absolute atomic E-state index is 0.123. The van der Waals surface area contributed by atoms with Gasteiger partial charge < -0.3 is 4.74 Å². The molecular weight excluding hydrogens is 366 g/mol. The van der Waals surface area contributed by atoms with E-state index in [1.807, 2.05) is 55.5 Å². The van der Waals surface area contributed by atoms with Crippen LogP contribution in [0.3, 0.4) is 0 Å². The Kier molecular flexibility index (Phi) is 3.51. The highest BCUT2D eigenvalue weighted by Gasteiger charge is 2.17. The lowest BCUT2D eigenvalue weighted by Gasteiger charge is -2.06. The Hall–Kier alpha value is -2.77. The number of para-hydroxylation sites is 1. The van der Waals surface area contributed by atoms with Crippen LogP contribution in [0.25, 0.3) is 35.8 Å². The Morgan fingerprint density at radius 3 is 2.77 bits per heavy atom. The first-order valence-corrected chi connectivity index (χ1v) is 9.83. The molecule has 0 radical (unpaired) electrons. The molecule has 5 nitrogen and oxygen atoms in total. The standard InChI is InChI=1S/C19H13N3O2S2/c1-2-24-13-9-5-3-7-11(13)17-21-22-18(23)16-15(20-19(22)26-17)12-8-4-6-10-14(12)25-16/h3-10H,2H2,1H3. The minimum Gasteiger partial charge on any atom is -0.493 e. The Morgan fingerprint density at radius 1 is 1.08 bits per heavy atom. The smallest absolute Gasteiger partial charge is 0.293 e. The highest BCUT2D eigenvalue weighted by molar-refractivity contribution is 7.25. The SMILES string of the molecule is CCOc1ccccc1-c1nn2c(=O)c3sc4ccccc4c3nc2s1. The van der Waals surface area contributed by atoms with Crippen LogP contribution < -0.4 is 10.3 Å². The number of fused-ring (bicyclic) bond motifs is 4. The fourth-order valence-electron chi connectivity index (χ4n) is 3.00. The van der Waals surface area contributed by atoms with Crippen LogP contribution in [0.1, 0.15) is 6.92 Å². The molecule has 0 N–H and O–H groups in total. The lowest BCUT2D eigenvalue weighted by Crippen LogP contribution is -2.13. The lowest BCUT2D eigenvalue weighted by atomic mass is 10.2. The molecule has 7 heteroatoms. The second-order valence-electron chi connectivity index (χ2n) is 5.72. The molecule has 0 spiro atoms. The molecule has 128 valence electrons. The summed E-state index contributed by atoms with van der Waals surface area (Å²) in [5.74, 6) is 0.759. The molecule has 0 aliphatic rings. The Bertz CT molecular complexity index is 1330. The molecule has 0 bridgehead atoms. The fourth-order valence-corrected chi connectivity index (χ4v) is 4.99. The van der Waals surface area contributed by atoms with Crippen LogP contribution in [0.5, 0.6) is 5.75 Å². The largest absolute Gasteiger partial charge is 0.493 e. The number of aromatic nitrogens is 3. The van der Waals surface area contributed by atoms with Crippen molar-refractivity contribution in [1.29, 1.82) is 0 Å². The molecule has 3 heterocycles. The van der Waals surface area contributed by atoms with Gasteiger partial charge in [0.25, 0.3) is 5.56 Å². The highest BCUT2D eigenvalue weighted by Crippen LogP contribution is 2.35. The zero-order valence-corrected chi connectivity index (χ0v) is 15.4. The van der Waals surface area contributed by atoms with E-state index in [1.165, 1.54) is 27.2 Å². The fraction of sp³-hybridized carbons (Fsp3) is 0.105. The summed E-state index contributed by atoms with van der Waals surface area (Å²) in [6.07, 6.45) is 0. The average Bonchev–Trinajstić information content (AvgIpc) is 3.25. The van der Waals surface area contributed by atoms with Crippen molar-refractivity contribution in [3.8, 4) is 16.3 Å². The van der Waals surface area contributed by atoms with E-state index in [0.717, 1.165) is 31.9 Å². The van der Waals surface area contributed by atoms with Crippen LogP contribution in [0, 0.1) is 0 Å². The number of hydrogen-bond donors (Lipinski definition) is 0. The minimum atomic E-state index is -0.123. The maximum Gasteiger partial charge on any atom is 0.293 e. The van der Waals surface area contributed by atoms with Gasteiger partial charge in [-0.3, -0.25) is 4.79 Å². The van der Waals surface area contributed by atoms with E-state index in [0.29, 0.717) is 16.3 Å². The van der Waals surface area contributed by atoms with Crippen molar-refractivity contribution in [3.05, 3.63) is 58.9 Å². The lowest BCUT2D eigenvalue weighted by molar-refractivity contribution is 0.341. The highest BCUT2D eigenvalue weighted by atomic mass is 32.1. The van der Waals surface area contributed by atoms with Crippen molar-refractivity contribution in [3.63, 3.8) is 0 Å². The zero-order valence-electron chi connectivity index (χ0n) is 13.8. The van der Waals surface area contributed by atoms with E-state index in [9.17, 15) is 4.79 Å². The van der Waals surface area contributed by atoms with Crippen molar-refractivity contribution in [1.82, 2.24) is 14.6 Å². The summed E-state index contributed by atoms with van der Waals surface area (Å²) in [6, 6.07) is 15.7. The van der Waals surface area contributed by atoms with Gasteiger partial charge >= 0.3 is 0 Å². The molecule has 0 atom stereocenters. The molecule has 0 aliphatic heterocycles. The topological polar surface area (TPSA) is 56.5 Å². The number of nitrogens with zero attached hydrogens (tertiary/aromatic N) is 3. The third-order valence-electron chi connectivity index (χ3n) is 4.14. The second kappa shape index (κ2) is 5.89. The van der Waals surface area contributed by atoms with Gasteiger partial charge in [-0.05, 0) is 25.1 Å². The number of thiophene rings is 1. The summed E-state index contributed by atoms with van der Waals surface area (Å²) in [5.41, 5.74) is 1.50. The number of benzene rings is 2. The average molecular weight is 379 g/mol. The van der Waals surface area contributed by atoms with E-state index in [1.54, 1.807) is 0 Å². The van der Waals surface area contributed by atoms with Crippen LogP contribution in [0.4, 0.5) is 0 Å². The monoisotopic (exact) mass is 379 g/mol. The van der Waals surface area contributed by atoms with E-state index >= 15 is 0 Å². The predicted octanol–water partition coefficient (Wildman–Crippen LogP) is 4.58. The molecule has 0 aliphatic carbocycles. The van der Waals surface area contributed by atoms with Crippen molar-refractivity contribution in [2.75, 3.05) is 6.61 Å². The third-order valence-corrected chi connectivity index (χ3v) is 6.23. The van der Waals surface area contributed by atoms with E-state index in [4.69, 9.17) is 9.72 Å². The molecule has 5 aromatic rings. The van der Waals surface area contributed by atoms with Crippen LogP contribution >= 0.6 is 22.7 Å². The summed E-state index contributed by atoms with van der Waals surface area (Å²) in [4.78, 5) is 18.3. The van der Waals surface area contributed by atoms with Crippen LogP contribution in [-0.2, 0) is 0 Å². The molecule has 5 rings (SSSR count). The van der Waals surface area contributed by atoms with Gasteiger partial charge in [-0.25, -0.2) is 4.98 Å². The van der Waals surface area contributed by atoms with Gasteiger partial charge in [-0.2, -0.15) is 9.61 Å². The van der Waals surface area contributed by atoms with Crippen molar-refractivity contribution >= 4 is 47.9 Å². The molecule has 0 saturated carbocycles. The molecule has 26 heavy (non-hydrogen) atoms. The molecule has 3 aromatic heterocycles. The summed E-state index contributed by atoms with van der Waals surface area (Å²) in [5, 5.41) is 6.27. The summed E-state index contributed by atoms with van der Waals surface area (Å²) in [7, 11) is 0. The third kappa shape index (κ3) is 2.24. The number of rotatable bonds is 3. The van der Waals surface area contributed by atoms with Gasteiger partial charge in [-0.15, -0.1) is 11.3 Å². The number of hydrogen-bond acceptors (Lipinski definition) is 6. The van der Waals surface area contributed by atoms with Crippen LogP contribution in [0.15, 0.2) is 53.3 Å². The van der Waals surface area contributed by atoms with E-state index in [-0.39, 0.29) is 5.56 Å². The van der Waals surface area contributed by atoms with Gasteiger partial charge in [0.2, 0.25) is 4.96 Å². The van der Waals surface area contributed by atoms with Crippen molar-refractivity contribution in [2.45, 2.75) is 6.92 Å². The van der Waals surface area contributed by atoms with Gasteiger partial charge in [-0.1, -0.05) is 41.7 Å². The Balaban J connectivity index is 1.80. The van der Waals surface area contributed by atoms with Crippen molar-refractivity contribution in [2.24, 2.45) is 0 Å². The second-order valence-corrected chi connectivity index (χ2v) is 7.73. The van der Waals surface area contributed by atoms with Gasteiger partial charge in [0.05, 0.1) is 17.7 Å². The van der Waals surface area contributed by atoms with Crippen molar-refractivity contribution < 1.29 is 4.74 Å². The molecule has 0 saturated heterocycles. The first kappa shape index (κ1) is 15.5. The molecule has 2 aromatic carbocycles. The summed E-state index contributed by atoms with van der Waals surface area (Å²) < 4.78 is 8.80. The summed E-state index contributed by atoms with van der Waals surface area (Å²) in [6.45, 7) is 2.52. The van der Waals surface area contributed by atoms with E-state index < -0.39 is 0 Å². The number of ether oxygens (including phenoxy) is 1. The zero-order chi connectivity index (χ0) is 17.7. The van der Waals surface area contributed by atoms with Crippen LogP contribution in [-0.4, -0.2) is 21.2 Å².